The lowest BCUT2D eigenvalue weighted by Crippen LogP contribution is -2.15. The van der Waals surface area contributed by atoms with Crippen molar-refractivity contribution in [3.05, 3.63) is 59.2 Å². The summed E-state index contributed by atoms with van der Waals surface area (Å²) in [6, 6.07) is 11.5. The van der Waals surface area contributed by atoms with Crippen molar-refractivity contribution in [1.82, 2.24) is 4.98 Å². The van der Waals surface area contributed by atoms with Gasteiger partial charge in [0.05, 0.1) is 12.1 Å². The van der Waals surface area contributed by atoms with E-state index in [-0.39, 0.29) is 18.1 Å². The first-order chi connectivity index (χ1) is 12.7. The zero-order valence-corrected chi connectivity index (χ0v) is 14.5. The summed E-state index contributed by atoms with van der Waals surface area (Å²) in [7, 11) is 0. The zero-order valence-electron chi connectivity index (χ0n) is 13.7. The molecule has 0 fully saturated rings. The van der Waals surface area contributed by atoms with Gasteiger partial charge in [0.25, 0.3) is 0 Å². The third-order valence-electron chi connectivity index (χ3n) is 3.87. The monoisotopic (exact) mass is 370 g/mol. The van der Waals surface area contributed by atoms with Crippen molar-refractivity contribution in [2.24, 2.45) is 0 Å². The molecule has 1 aliphatic rings. The van der Waals surface area contributed by atoms with E-state index in [0.717, 1.165) is 22.6 Å². The number of nitrogens with one attached hydrogen (secondary N) is 1. The standard InChI is InChI=1S/C19H15FN2O3S/c20-14-4-1-12(2-5-14)9-18(23)22-19-21-15(11-26-19)13-3-6-16-17(10-13)25-8-7-24-16/h1-6,10-11H,7-9H2,(H,21,22,23). The second-order valence-corrected chi connectivity index (χ2v) is 6.61. The quantitative estimate of drug-likeness (QED) is 0.757. The number of aromatic nitrogens is 1. The van der Waals surface area contributed by atoms with E-state index < -0.39 is 0 Å². The average Bonchev–Trinajstić information content (AvgIpc) is 3.11. The van der Waals surface area contributed by atoms with Gasteiger partial charge in [0, 0.05) is 10.9 Å². The Balaban J connectivity index is 1.44. The predicted molar refractivity (Wildman–Crippen MR) is 97.3 cm³/mol. The van der Waals surface area contributed by atoms with Crippen LogP contribution in [-0.4, -0.2) is 24.1 Å². The molecule has 4 rings (SSSR count). The van der Waals surface area contributed by atoms with Gasteiger partial charge < -0.3 is 14.8 Å². The Morgan fingerprint density at radius 1 is 1.12 bits per heavy atom. The molecule has 1 aliphatic heterocycles. The van der Waals surface area contributed by atoms with Crippen molar-refractivity contribution in [3.8, 4) is 22.8 Å². The summed E-state index contributed by atoms with van der Waals surface area (Å²) in [5.41, 5.74) is 2.39. The number of ether oxygens (including phenoxy) is 2. The second kappa shape index (κ2) is 7.13. The fourth-order valence-corrected chi connectivity index (χ4v) is 3.35. The fraction of sp³-hybridized carbons (Fsp3) is 0.158. The molecule has 0 saturated heterocycles. The molecular formula is C19H15FN2O3S. The van der Waals surface area contributed by atoms with E-state index in [4.69, 9.17) is 9.47 Å². The van der Waals surface area contributed by atoms with Gasteiger partial charge in [-0.3, -0.25) is 4.79 Å². The van der Waals surface area contributed by atoms with E-state index in [0.29, 0.717) is 24.1 Å². The molecule has 132 valence electrons. The maximum absolute atomic E-state index is 12.9. The number of carbonyl (C=O) groups is 1. The lowest BCUT2D eigenvalue weighted by atomic mass is 10.1. The maximum atomic E-state index is 12.9. The van der Waals surface area contributed by atoms with Crippen LogP contribution >= 0.6 is 11.3 Å². The van der Waals surface area contributed by atoms with E-state index in [1.807, 2.05) is 23.6 Å². The minimum absolute atomic E-state index is 0.166. The molecule has 7 heteroatoms. The molecule has 0 bridgehead atoms. The lowest BCUT2D eigenvalue weighted by molar-refractivity contribution is -0.115. The number of carbonyl (C=O) groups excluding carboxylic acids is 1. The highest BCUT2D eigenvalue weighted by molar-refractivity contribution is 7.14. The number of hydrogen-bond acceptors (Lipinski definition) is 5. The minimum atomic E-state index is -0.321. The van der Waals surface area contributed by atoms with E-state index in [9.17, 15) is 9.18 Å². The normalized spacial score (nSPS) is 12.7. The molecule has 26 heavy (non-hydrogen) atoms. The largest absolute Gasteiger partial charge is 0.486 e. The van der Waals surface area contributed by atoms with Crippen LogP contribution in [0.4, 0.5) is 9.52 Å². The van der Waals surface area contributed by atoms with Crippen LogP contribution < -0.4 is 14.8 Å². The van der Waals surface area contributed by atoms with E-state index in [1.165, 1.54) is 23.5 Å². The predicted octanol–water partition coefficient (Wildman–Crippen LogP) is 3.90. The van der Waals surface area contributed by atoms with Gasteiger partial charge in [-0.1, -0.05) is 12.1 Å². The second-order valence-electron chi connectivity index (χ2n) is 5.75. The van der Waals surface area contributed by atoms with Crippen LogP contribution in [0.5, 0.6) is 11.5 Å². The minimum Gasteiger partial charge on any atom is -0.486 e. The summed E-state index contributed by atoms with van der Waals surface area (Å²) in [6.45, 7) is 1.07. The Bertz CT molecular complexity index is 940. The Morgan fingerprint density at radius 3 is 2.69 bits per heavy atom. The van der Waals surface area contributed by atoms with E-state index in [2.05, 4.69) is 10.3 Å². The fourth-order valence-electron chi connectivity index (χ4n) is 2.62. The molecule has 3 aromatic rings. The van der Waals surface area contributed by atoms with Crippen molar-refractivity contribution in [2.45, 2.75) is 6.42 Å². The van der Waals surface area contributed by atoms with Crippen molar-refractivity contribution >= 4 is 22.4 Å². The number of anilines is 1. The van der Waals surface area contributed by atoms with Gasteiger partial charge in [-0.15, -0.1) is 11.3 Å². The number of rotatable bonds is 4. The number of nitrogens with zero attached hydrogens (tertiary/aromatic N) is 1. The first-order valence-corrected chi connectivity index (χ1v) is 8.95. The average molecular weight is 370 g/mol. The third kappa shape index (κ3) is 3.67. The van der Waals surface area contributed by atoms with Crippen LogP contribution in [-0.2, 0) is 11.2 Å². The van der Waals surface area contributed by atoms with Gasteiger partial charge in [-0.05, 0) is 35.9 Å². The van der Waals surface area contributed by atoms with E-state index >= 15 is 0 Å². The molecule has 1 amide bonds. The van der Waals surface area contributed by atoms with Crippen molar-refractivity contribution in [1.29, 1.82) is 0 Å². The van der Waals surface area contributed by atoms with Crippen molar-refractivity contribution in [3.63, 3.8) is 0 Å². The van der Waals surface area contributed by atoms with Gasteiger partial charge in [-0.25, -0.2) is 9.37 Å². The molecule has 0 spiro atoms. The summed E-state index contributed by atoms with van der Waals surface area (Å²) in [5, 5.41) is 5.17. The lowest BCUT2D eigenvalue weighted by Gasteiger charge is -2.18. The first kappa shape index (κ1) is 16.5. The Labute approximate surface area is 153 Å². The molecule has 1 N–H and O–H groups in total. The van der Waals surface area contributed by atoms with Gasteiger partial charge in [0.15, 0.2) is 16.6 Å². The molecule has 0 aliphatic carbocycles. The Kier molecular flexibility index (Phi) is 4.53. The highest BCUT2D eigenvalue weighted by Crippen LogP contribution is 2.35. The van der Waals surface area contributed by atoms with Crippen LogP contribution in [0.25, 0.3) is 11.3 Å². The number of fused-ring (bicyclic) bond motifs is 1. The smallest absolute Gasteiger partial charge is 0.230 e. The summed E-state index contributed by atoms with van der Waals surface area (Å²) >= 11 is 1.35. The van der Waals surface area contributed by atoms with Gasteiger partial charge in [-0.2, -0.15) is 0 Å². The Morgan fingerprint density at radius 2 is 1.88 bits per heavy atom. The van der Waals surface area contributed by atoms with Crippen LogP contribution in [0.2, 0.25) is 0 Å². The summed E-state index contributed by atoms with van der Waals surface area (Å²) in [5.74, 6) is 0.907. The molecule has 0 radical (unpaired) electrons. The van der Waals surface area contributed by atoms with Crippen LogP contribution in [0, 0.1) is 5.82 Å². The van der Waals surface area contributed by atoms with Gasteiger partial charge >= 0.3 is 0 Å². The number of thiazole rings is 1. The van der Waals surface area contributed by atoms with E-state index in [1.54, 1.807) is 12.1 Å². The van der Waals surface area contributed by atoms with Crippen LogP contribution in [0.3, 0.4) is 0 Å². The molecule has 2 aromatic carbocycles. The van der Waals surface area contributed by atoms with Crippen LogP contribution in [0.15, 0.2) is 47.8 Å². The molecule has 0 saturated carbocycles. The topological polar surface area (TPSA) is 60.5 Å². The number of hydrogen-bond donors (Lipinski definition) is 1. The Hall–Kier alpha value is -2.93. The molecule has 2 heterocycles. The molecule has 1 aromatic heterocycles. The highest BCUT2D eigenvalue weighted by atomic mass is 32.1. The zero-order chi connectivity index (χ0) is 17.9. The van der Waals surface area contributed by atoms with Crippen molar-refractivity contribution in [2.75, 3.05) is 18.5 Å². The summed E-state index contributed by atoms with van der Waals surface area (Å²) in [6.07, 6.45) is 0.166. The van der Waals surface area contributed by atoms with Gasteiger partial charge in [0.2, 0.25) is 5.91 Å². The summed E-state index contributed by atoms with van der Waals surface area (Å²) in [4.78, 5) is 16.6. The maximum Gasteiger partial charge on any atom is 0.230 e. The number of benzene rings is 2. The summed E-state index contributed by atoms with van der Waals surface area (Å²) < 4.78 is 24.0. The van der Waals surface area contributed by atoms with Crippen molar-refractivity contribution < 1.29 is 18.7 Å². The number of amides is 1. The number of halogens is 1. The molecule has 0 unspecified atom stereocenters. The van der Waals surface area contributed by atoms with Crippen LogP contribution in [0.1, 0.15) is 5.56 Å². The van der Waals surface area contributed by atoms with Gasteiger partial charge in [0.1, 0.15) is 19.0 Å². The molecular weight excluding hydrogens is 355 g/mol. The molecule has 0 atom stereocenters. The first-order valence-electron chi connectivity index (χ1n) is 8.07. The SMILES string of the molecule is O=C(Cc1ccc(F)cc1)Nc1nc(-c2ccc3c(c2)OCCO3)cs1. The third-order valence-corrected chi connectivity index (χ3v) is 4.62. The highest BCUT2D eigenvalue weighted by Gasteiger charge is 2.14. The molecule has 5 nitrogen and oxygen atoms in total.